The zero-order valence-electron chi connectivity index (χ0n) is 16.1. The van der Waals surface area contributed by atoms with Crippen LogP contribution in [0.2, 0.25) is 0 Å². The molecule has 1 aromatic carbocycles. The Morgan fingerprint density at radius 1 is 1.24 bits per heavy atom. The largest absolute Gasteiger partial charge is 0.481 e. The molecule has 0 amide bonds. The molecule has 0 saturated heterocycles. The van der Waals surface area contributed by atoms with E-state index in [2.05, 4.69) is 4.98 Å². The van der Waals surface area contributed by atoms with E-state index in [-0.39, 0.29) is 23.7 Å². The molecule has 2 rings (SSSR count). The van der Waals surface area contributed by atoms with Gasteiger partial charge in [0.05, 0.1) is 29.5 Å². The van der Waals surface area contributed by atoms with Gasteiger partial charge in [0.2, 0.25) is 15.9 Å². The first-order valence-electron chi connectivity index (χ1n) is 8.58. The van der Waals surface area contributed by atoms with Crippen LogP contribution in [-0.2, 0) is 19.6 Å². The second-order valence-electron chi connectivity index (χ2n) is 5.98. The van der Waals surface area contributed by atoms with E-state index in [1.807, 2.05) is 0 Å². The fourth-order valence-corrected chi connectivity index (χ4v) is 3.74. The number of hydrogen-bond donors (Lipinski definition) is 0. The van der Waals surface area contributed by atoms with E-state index < -0.39 is 26.8 Å². The first kappa shape index (κ1) is 22.2. The molecule has 1 atom stereocenters. The molecule has 0 N–H and O–H groups in total. The molecule has 0 unspecified atom stereocenters. The van der Waals surface area contributed by atoms with Crippen LogP contribution in [0, 0.1) is 10.1 Å². The number of likely N-dealkylation sites (N-methyl/N-ethyl adjacent to an activating group) is 1. The number of hydrogen-bond acceptors (Lipinski definition) is 8. The number of carbonyl (C=O) groups excluding carboxylic acids is 1. The number of aromatic nitrogens is 1. The first-order chi connectivity index (χ1) is 13.7. The molecule has 11 heteroatoms. The third-order valence-corrected chi connectivity index (χ3v) is 5.97. The van der Waals surface area contributed by atoms with Gasteiger partial charge < -0.3 is 9.47 Å². The van der Waals surface area contributed by atoms with Gasteiger partial charge in [0.25, 0.3) is 5.69 Å². The predicted octanol–water partition coefficient (Wildman–Crippen LogP) is 1.97. The molecule has 1 heterocycles. The summed E-state index contributed by atoms with van der Waals surface area (Å²) in [6.45, 7) is 1.59. The first-order valence-corrected chi connectivity index (χ1v) is 10.0. The third-order valence-electron chi connectivity index (χ3n) is 4.14. The number of non-ortho nitro benzene ring substituents is 1. The van der Waals surface area contributed by atoms with Gasteiger partial charge in [-0.3, -0.25) is 14.9 Å². The number of nitro benzene ring substituents is 1. The van der Waals surface area contributed by atoms with Crippen molar-refractivity contribution in [1.29, 1.82) is 0 Å². The number of esters is 1. The van der Waals surface area contributed by atoms with Gasteiger partial charge in [0, 0.05) is 38.0 Å². The predicted molar refractivity (Wildman–Crippen MR) is 103 cm³/mol. The highest BCUT2D eigenvalue weighted by Crippen LogP contribution is 2.24. The Kier molecular flexibility index (Phi) is 7.23. The molecule has 2 aromatic rings. The molecule has 0 saturated carbocycles. The van der Waals surface area contributed by atoms with E-state index >= 15 is 0 Å². The molecule has 10 nitrogen and oxygen atoms in total. The van der Waals surface area contributed by atoms with Crippen LogP contribution in [0.5, 0.6) is 5.88 Å². The second-order valence-corrected chi connectivity index (χ2v) is 8.02. The quantitative estimate of drug-likeness (QED) is 0.340. The topological polar surface area (TPSA) is 129 Å². The lowest BCUT2D eigenvalue weighted by Gasteiger charge is -2.23. The summed E-state index contributed by atoms with van der Waals surface area (Å²) < 4.78 is 36.7. The minimum atomic E-state index is -3.99. The van der Waals surface area contributed by atoms with Gasteiger partial charge >= 0.3 is 5.97 Å². The molecule has 0 radical (unpaired) electrons. The van der Waals surface area contributed by atoms with Crippen LogP contribution in [-0.4, -0.2) is 55.9 Å². The van der Waals surface area contributed by atoms with Crippen molar-refractivity contribution >= 4 is 21.7 Å². The van der Waals surface area contributed by atoms with Gasteiger partial charge in [-0.15, -0.1) is 0 Å². The van der Waals surface area contributed by atoms with E-state index in [0.29, 0.717) is 11.4 Å². The number of rotatable bonds is 9. The Labute approximate surface area is 168 Å². The molecule has 29 heavy (non-hydrogen) atoms. The van der Waals surface area contributed by atoms with Crippen molar-refractivity contribution in [3.63, 3.8) is 0 Å². The maximum Gasteiger partial charge on any atom is 0.314 e. The van der Waals surface area contributed by atoms with Crippen LogP contribution < -0.4 is 4.74 Å². The van der Waals surface area contributed by atoms with Gasteiger partial charge in [-0.1, -0.05) is 6.07 Å². The zero-order chi connectivity index (χ0) is 21.6. The number of methoxy groups -OCH3 is 1. The van der Waals surface area contributed by atoms with E-state index in [1.165, 1.54) is 20.4 Å². The minimum Gasteiger partial charge on any atom is -0.481 e. The number of sulfonamides is 1. The summed E-state index contributed by atoms with van der Waals surface area (Å²) in [5.74, 6) is -1.15. The lowest BCUT2D eigenvalue weighted by molar-refractivity contribution is -0.384. The van der Waals surface area contributed by atoms with E-state index in [4.69, 9.17) is 9.47 Å². The summed E-state index contributed by atoms with van der Waals surface area (Å²) in [5, 5.41) is 10.8. The maximum atomic E-state index is 12.8. The summed E-state index contributed by atoms with van der Waals surface area (Å²) in [5.41, 5.74) is 0.246. The van der Waals surface area contributed by atoms with Crippen molar-refractivity contribution in [3.8, 4) is 5.88 Å². The Morgan fingerprint density at radius 2 is 1.90 bits per heavy atom. The zero-order valence-corrected chi connectivity index (χ0v) is 17.0. The van der Waals surface area contributed by atoms with Gasteiger partial charge in [-0.25, -0.2) is 13.4 Å². The highest BCUT2D eigenvalue weighted by atomic mass is 32.2. The number of nitro groups is 1. The van der Waals surface area contributed by atoms with Crippen molar-refractivity contribution in [2.24, 2.45) is 0 Å². The monoisotopic (exact) mass is 423 g/mol. The molecule has 0 aliphatic carbocycles. The molecule has 0 aliphatic heterocycles. The Bertz CT molecular complexity index is 960. The van der Waals surface area contributed by atoms with Crippen LogP contribution in [0.4, 0.5) is 5.69 Å². The normalized spacial score (nSPS) is 12.4. The molecule has 0 bridgehead atoms. The lowest BCUT2D eigenvalue weighted by Crippen LogP contribution is -2.34. The smallest absolute Gasteiger partial charge is 0.314 e. The summed E-state index contributed by atoms with van der Waals surface area (Å²) in [4.78, 5) is 26.5. The minimum absolute atomic E-state index is 0.124. The molecular weight excluding hydrogens is 402 g/mol. The van der Waals surface area contributed by atoms with Gasteiger partial charge in [-0.2, -0.15) is 4.31 Å². The van der Waals surface area contributed by atoms with Crippen molar-refractivity contribution in [2.45, 2.75) is 17.7 Å². The molecule has 156 valence electrons. The standard InChI is InChI=1S/C18H21N3O7S/c1-4-28-18(22)16(13-5-10-17(27-3)19-11-13)12-20(2)29(25,26)15-8-6-14(7-9-15)21(23)24/h5-11,16H,4,12H2,1-3H3/t16-/m1/s1. The summed E-state index contributed by atoms with van der Waals surface area (Å²) in [7, 11) is -1.21. The van der Waals surface area contributed by atoms with Crippen LogP contribution in [0.15, 0.2) is 47.5 Å². The van der Waals surface area contributed by atoms with E-state index in [1.54, 1.807) is 19.1 Å². The summed E-state index contributed by atoms with van der Waals surface area (Å²) in [6, 6.07) is 7.69. The molecule has 0 spiro atoms. The highest BCUT2D eigenvalue weighted by molar-refractivity contribution is 7.89. The molecular formula is C18H21N3O7S. The van der Waals surface area contributed by atoms with Gasteiger partial charge in [0.15, 0.2) is 0 Å². The third kappa shape index (κ3) is 5.27. The number of pyridine rings is 1. The molecule has 1 aromatic heterocycles. The van der Waals surface area contributed by atoms with Crippen LogP contribution >= 0.6 is 0 Å². The fourth-order valence-electron chi connectivity index (χ4n) is 2.55. The van der Waals surface area contributed by atoms with Crippen molar-refractivity contribution < 1.29 is 27.6 Å². The van der Waals surface area contributed by atoms with Crippen molar-refractivity contribution in [2.75, 3.05) is 27.3 Å². The fraction of sp³-hybridized carbons (Fsp3) is 0.333. The average molecular weight is 423 g/mol. The maximum absolute atomic E-state index is 12.8. The Balaban J connectivity index is 2.30. The summed E-state index contributed by atoms with van der Waals surface area (Å²) >= 11 is 0. The number of carbonyl (C=O) groups is 1. The van der Waals surface area contributed by atoms with E-state index in [9.17, 15) is 23.3 Å². The molecule has 0 fully saturated rings. The Morgan fingerprint density at radius 3 is 2.38 bits per heavy atom. The summed E-state index contributed by atoms with van der Waals surface area (Å²) in [6.07, 6.45) is 1.42. The van der Waals surface area contributed by atoms with Crippen LogP contribution in [0.1, 0.15) is 18.4 Å². The van der Waals surface area contributed by atoms with Gasteiger partial charge in [-0.05, 0) is 24.6 Å². The second kappa shape index (κ2) is 9.43. The highest BCUT2D eigenvalue weighted by Gasteiger charge is 2.30. The lowest BCUT2D eigenvalue weighted by atomic mass is 10.0. The van der Waals surface area contributed by atoms with E-state index in [0.717, 1.165) is 28.6 Å². The number of ether oxygens (including phenoxy) is 2. The van der Waals surface area contributed by atoms with Gasteiger partial charge in [0.1, 0.15) is 0 Å². The van der Waals surface area contributed by atoms with Crippen molar-refractivity contribution in [3.05, 3.63) is 58.3 Å². The van der Waals surface area contributed by atoms with Crippen LogP contribution in [0.25, 0.3) is 0 Å². The Hall–Kier alpha value is -3.05. The number of benzene rings is 1. The van der Waals surface area contributed by atoms with Crippen molar-refractivity contribution in [1.82, 2.24) is 9.29 Å². The SMILES string of the molecule is CCOC(=O)[C@H](CN(C)S(=O)(=O)c1ccc([N+](=O)[O-])cc1)c1ccc(OC)nc1. The molecule has 0 aliphatic rings. The van der Waals surface area contributed by atoms with Crippen LogP contribution in [0.3, 0.4) is 0 Å². The average Bonchev–Trinajstić information content (AvgIpc) is 2.72. The number of nitrogens with zero attached hydrogens (tertiary/aromatic N) is 3.